The highest BCUT2D eigenvalue weighted by Crippen LogP contribution is 2.64. The van der Waals surface area contributed by atoms with Crippen LogP contribution in [0.25, 0.3) is 0 Å². The summed E-state index contributed by atoms with van der Waals surface area (Å²) < 4.78 is 53.3. The van der Waals surface area contributed by atoms with Crippen molar-refractivity contribution in [2.45, 2.75) is 129 Å². The van der Waals surface area contributed by atoms with Crippen molar-refractivity contribution in [3.63, 3.8) is 0 Å². The Balaban J connectivity index is 2.10. The Labute approximate surface area is 263 Å². The summed E-state index contributed by atoms with van der Waals surface area (Å²) in [4.78, 5) is 0. The predicted octanol–water partition coefficient (Wildman–Crippen LogP) is 8.37. The Morgan fingerprint density at radius 1 is 0.591 bits per heavy atom. The smallest absolute Gasteiger partial charge is 0.352 e. The van der Waals surface area contributed by atoms with E-state index in [1.54, 1.807) is 104 Å². The minimum Gasteiger partial charge on any atom is -0.508 e. The normalized spacial score (nSPS) is 19.6. The average Bonchev–Trinajstić information content (AvgIpc) is 2.90. The molecule has 10 nitrogen and oxygen atoms in total. The number of hydrogen-bond donors (Lipinski definition) is 4. The molecule has 3 rings (SSSR count). The molecule has 0 aliphatic heterocycles. The zero-order valence-electron chi connectivity index (χ0n) is 27.3. The average molecular weight is 655 g/mol. The summed E-state index contributed by atoms with van der Waals surface area (Å²) in [6, 6.07) is 12.8. The van der Waals surface area contributed by atoms with Crippen molar-refractivity contribution < 1.29 is 37.4 Å². The van der Waals surface area contributed by atoms with Gasteiger partial charge in [0.15, 0.2) is 0 Å². The number of phenols is 2. The fraction of sp³-hybridized carbons (Fsp3) is 0.625. The molecule has 2 aromatic carbocycles. The third-order valence-electron chi connectivity index (χ3n) is 7.04. The van der Waals surface area contributed by atoms with Gasteiger partial charge in [-0.25, -0.2) is 0 Å². The van der Waals surface area contributed by atoms with Crippen molar-refractivity contribution in [3.8, 4) is 11.5 Å². The molecule has 0 radical (unpaired) electrons. The SMILES string of the molecule is CC(C)OP(=O)(OC(C)C)[C@@H](N[C@@H]1CCCC[C@H]1N[C@@H](c1ccccc1O)P(=O)(OC(C)C)OC(C)C)c1ccccc1O. The molecule has 0 saturated heterocycles. The first-order valence-electron chi connectivity index (χ1n) is 15.7. The molecule has 1 fully saturated rings. The molecule has 12 heteroatoms. The van der Waals surface area contributed by atoms with Crippen LogP contribution >= 0.6 is 15.2 Å². The van der Waals surface area contributed by atoms with Crippen molar-refractivity contribution in [3.05, 3.63) is 59.7 Å². The van der Waals surface area contributed by atoms with Crippen molar-refractivity contribution in [1.82, 2.24) is 10.6 Å². The lowest BCUT2D eigenvalue weighted by atomic mass is 9.89. The fourth-order valence-corrected chi connectivity index (χ4v) is 10.3. The number of benzene rings is 2. The van der Waals surface area contributed by atoms with Gasteiger partial charge in [-0.15, -0.1) is 0 Å². The quantitative estimate of drug-likeness (QED) is 0.131. The molecule has 1 aliphatic rings. The van der Waals surface area contributed by atoms with Gasteiger partial charge in [-0.3, -0.25) is 19.8 Å². The van der Waals surface area contributed by atoms with Crippen molar-refractivity contribution in [1.29, 1.82) is 0 Å². The lowest BCUT2D eigenvalue weighted by molar-refractivity contribution is 0.124. The van der Waals surface area contributed by atoms with Gasteiger partial charge in [0.25, 0.3) is 0 Å². The maximum absolute atomic E-state index is 14.6. The van der Waals surface area contributed by atoms with Gasteiger partial charge in [0, 0.05) is 23.2 Å². The van der Waals surface area contributed by atoms with Gasteiger partial charge in [-0.05, 0) is 80.4 Å². The summed E-state index contributed by atoms with van der Waals surface area (Å²) in [5.74, 6) is -2.04. The zero-order valence-corrected chi connectivity index (χ0v) is 29.1. The van der Waals surface area contributed by atoms with Crippen LogP contribution in [0.5, 0.6) is 11.5 Å². The van der Waals surface area contributed by atoms with E-state index in [0.29, 0.717) is 24.0 Å². The van der Waals surface area contributed by atoms with Crippen LogP contribution in [0, 0.1) is 0 Å². The largest absolute Gasteiger partial charge is 0.508 e. The van der Waals surface area contributed by atoms with Crippen molar-refractivity contribution in [2.24, 2.45) is 0 Å². The van der Waals surface area contributed by atoms with Gasteiger partial charge in [0.2, 0.25) is 0 Å². The Hall–Kier alpha value is -1.74. The van der Waals surface area contributed by atoms with Gasteiger partial charge in [-0.1, -0.05) is 49.2 Å². The first-order valence-corrected chi connectivity index (χ1v) is 18.9. The topological polar surface area (TPSA) is 136 Å². The lowest BCUT2D eigenvalue weighted by Crippen LogP contribution is -2.52. The molecular weight excluding hydrogens is 602 g/mol. The van der Waals surface area contributed by atoms with Crippen LogP contribution in [0.15, 0.2) is 48.5 Å². The summed E-state index contributed by atoms with van der Waals surface area (Å²) in [5, 5.41) is 28.9. The van der Waals surface area contributed by atoms with Crippen LogP contribution in [0.2, 0.25) is 0 Å². The molecule has 0 amide bonds. The summed E-state index contributed by atoms with van der Waals surface area (Å²) >= 11 is 0. The lowest BCUT2D eigenvalue weighted by Gasteiger charge is -2.41. The van der Waals surface area contributed by atoms with E-state index in [-0.39, 0.29) is 23.6 Å². The number of nitrogens with one attached hydrogen (secondary N) is 2. The minimum atomic E-state index is -3.90. The molecule has 4 atom stereocenters. The molecule has 0 bridgehead atoms. The highest BCUT2D eigenvalue weighted by atomic mass is 31.2. The monoisotopic (exact) mass is 654 g/mol. The Morgan fingerprint density at radius 2 is 0.886 bits per heavy atom. The second-order valence-corrected chi connectivity index (χ2v) is 16.5. The van der Waals surface area contributed by atoms with Gasteiger partial charge < -0.3 is 28.3 Å². The second-order valence-electron chi connectivity index (χ2n) is 12.4. The molecular formula is C32H52N2O8P2. The van der Waals surface area contributed by atoms with Crippen LogP contribution in [0.4, 0.5) is 0 Å². The Bertz CT molecular complexity index is 1160. The number of phenolic OH excluding ortho intramolecular Hbond substituents is 2. The summed E-state index contributed by atoms with van der Waals surface area (Å²) in [6.07, 6.45) is 1.54. The first kappa shape index (κ1) is 36.7. The van der Waals surface area contributed by atoms with Gasteiger partial charge in [-0.2, -0.15) is 0 Å². The summed E-state index contributed by atoms with van der Waals surface area (Å²) in [6.45, 7) is 14.3. The van der Waals surface area contributed by atoms with E-state index in [4.69, 9.17) is 18.1 Å². The molecule has 0 aromatic heterocycles. The van der Waals surface area contributed by atoms with E-state index in [1.807, 2.05) is 0 Å². The maximum Gasteiger partial charge on any atom is 0.352 e. The van der Waals surface area contributed by atoms with E-state index in [1.165, 1.54) is 0 Å². The molecule has 248 valence electrons. The highest BCUT2D eigenvalue weighted by molar-refractivity contribution is 7.54. The van der Waals surface area contributed by atoms with Crippen LogP contribution < -0.4 is 10.6 Å². The molecule has 4 N–H and O–H groups in total. The Kier molecular flexibility index (Phi) is 13.5. The fourth-order valence-electron chi connectivity index (χ4n) is 5.54. The standard InChI is InChI=1S/C32H52N2O8P2/c1-21(2)39-43(37,40-22(3)4)31(25-15-9-13-19-29(25)35)33-27-17-11-12-18-28(27)34-32(26-16-10-14-20-30(26)36)44(38,41-23(5)6)42-24(7)8/h9-10,13-16,19-24,27-28,31-36H,11-12,17-18H2,1-8H3/t27-,28-,31-,32-/m1/s1. The first-order chi connectivity index (χ1) is 20.6. The third-order valence-corrected chi connectivity index (χ3v) is 12.0. The second kappa shape index (κ2) is 16.2. The van der Waals surface area contributed by atoms with Crippen molar-refractivity contribution in [2.75, 3.05) is 0 Å². The molecule has 0 heterocycles. The van der Waals surface area contributed by atoms with Crippen LogP contribution in [-0.4, -0.2) is 46.7 Å². The van der Waals surface area contributed by atoms with E-state index in [2.05, 4.69) is 10.6 Å². The predicted molar refractivity (Wildman–Crippen MR) is 174 cm³/mol. The summed E-state index contributed by atoms with van der Waals surface area (Å²) in [7, 11) is -7.79. The Morgan fingerprint density at radius 3 is 1.16 bits per heavy atom. The third kappa shape index (κ3) is 9.88. The molecule has 44 heavy (non-hydrogen) atoms. The molecule has 1 aliphatic carbocycles. The van der Waals surface area contributed by atoms with Gasteiger partial charge in [0.1, 0.15) is 23.1 Å². The van der Waals surface area contributed by atoms with E-state index >= 15 is 0 Å². The number of hydrogen-bond acceptors (Lipinski definition) is 10. The van der Waals surface area contributed by atoms with E-state index in [0.717, 1.165) is 12.8 Å². The molecule has 1 saturated carbocycles. The van der Waals surface area contributed by atoms with E-state index < -0.39 is 51.2 Å². The molecule has 0 unspecified atom stereocenters. The summed E-state index contributed by atoms with van der Waals surface area (Å²) in [5.41, 5.74) is 0.798. The zero-order chi connectivity index (χ0) is 32.7. The van der Waals surface area contributed by atoms with Gasteiger partial charge in [0.05, 0.1) is 24.4 Å². The van der Waals surface area contributed by atoms with Gasteiger partial charge >= 0.3 is 15.2 Å². The van der Waals surface area contributed by atoms with Crippen LogP contribution in [-0.2, 0) is 27.2 Å². The molecule has 2 aromatic rings. The van der Waals surface area contributed by atoms with E-state index in [9.17, 15) is 19.3 Å². The maximum atomic E-state index is 14.6. The van der Waals surface area contributed by atoms with Crippen LogP contribution in [0.1, 0.15) is 104 Å². The molecule has 0 spiro atoms. The number of aromatic hydroxyl groups is 2. The van der Waals surface area contributed by atoms with Crippen LogP contribution in [0.3, 0.4) is 0 Å². The number of para-hydroxylation sites is 2. The number of rotatable bonds is 16. The highest BCUT2D eigenvalue weighted by Gasteiger charge is 2.46. The minimum absolute atomic E-state index is 0.0301. The van der Waals surface area contributed by atoms with Crippen molar-refractivity contribution >= 4 is 15.2 Å².